The second kappa shape index (κ2) is 4.68. The molecule has 0 amide bonds. The normalized spacial score (nSPS) is 16.0. The van der Waals surface area contributed by atoms with Crippen LogP contribution in [0.4, 0.5) is 0 Å². The highest BCUT2D eigenvalue weighted by Crippen LogP contribution is 2.33. The zero-order valence-corrected chi connectivity index (χ0v) is 12.3. The maximum Gasteiger partial charge on any atom is 0.0517 e. The van der Waals surface area contributed by atoms with Crippen molar-refractivity contribution in [2.24, 2.45) is 5.73 Å². The van der Waals surface area contributed by atoms with Crippen LogP contribution in [0.2, 0.25) is 0 Å². The van der Waals surface area contributed by atoms with Crippen molar-refractivity contribution < 1.29 is 0 Å². The van der Waals surface area contributed by atoms with Crippen molar-refractivity contribution in [2.45, 2.75) is 59.0 Å². The van der Waals surface area contributed by atoms with E-state index in [4.69, 9.17) is 5.73 Å². The minimum atomic E-state index is 0.291. The third kappa shape index (κ3) is 2.08. The summed E-state index contributed by atoms with van der Waals surface area (Å²) in [5.74, 6) is 0. The van der Waals surface area contributed by atoms with Crippen molar-refractivity contribution >= 4 is 10.9 Å². The van der Waals surface area contributed by atoms with Gasteiger partial charge in [-0.15, -0.1) is 0 Å². The Balaban J connectivity index is 2.12. The van der Waals surface area contributed by atoms with Gasteiger partial charge in [-0.05, 0) is 69.2 Å². The lowest BCUT2D eigenvalue weighted by Gasteiger charge is -2.18. The molecule has 1 aromatic carbocycles. The Kier molecular flexibility index (Phi) is 3.14. The van der Waals surface area contributed by atoms with E-state index < -0.39 is 0 Å². The van der Waals surface area contributed by atoms with E-state index in [2.05, 4.69) is 37.5 Å². The summed E-state index contributed by atoms with van der Waals surface area (Å²) in [6.45, 7) is 7.79. The highest BCUT2D eigenvalue weighted by atomic mass is 15.0. The first-order valence-electron chi connectivity index (χ1n) is 7.44. The number of aromatic nitrogens is 1. The molecule has 0 aliphatic carbocycles. The van der Waals surface area contributed by atoms with Crippen LogP contribution in [0.15, 0.2) is 12.1 Å². The maximum absolute atomic E-state index is 5.89. The second-order valence-electron chi connectivity index (χ2n) is 6.13. The fourth-order valence-electron chi connectivity index (χ4n) is 3.37. The minimum absolute atomic E-state index is 0.291. The topological polar surface area (TPSA) is 30.9 Å². The van der Waals surface area contributed by atoms with Gasteiger partial charge in [-0.25, -0.2) is 0 Å². The quantitative estimate of drug-likeness (QED) is 0.895. The molecule has 0 fully saturated rings. The number of rotatable bonds is 3. The fourth-order valence-corrected chi connectivity index (χ4v) is 3.37. The lowest BCUT2D eigenvalue weighted by atomic mass is 9.96. The lowest BCUT2D eigenvalue weighted by Crippen LogP contribution is -2.15. The van der Waals surface area contributed by atoms with Gasteiger partial charge < -0.3 is 10.3 Å². The molecule has 2 N–H and O–H groups in total. The largest absolute Gasteiger partial charge is 0.344 e. The monoisotopic (exact) mass is 256 g/mol. The summed E-state index contributed by atoms with van der Waals surface area (Å²) < 4.78 is 2.51. The van der Waals surface area contributed by atoms with Gasteiger partial charge in [0.25, 0.3) is 0 Å². The zero-order valence-electron chi connectivity index (χ0n) is 12.3. The molecule has 1 aromatic heterocycles. The first-order valence-corrected chi connectivity index (χ1v) is 7.44. The molecule has 1 aliphatic rings. The molecule has 2 aromatic rings. The SMILES string of the molecule is Cc1c(C)n2c3c(cc(CCC(C)N)cc13)CCC2. The number of nitrogens with two attached hydrogens (primary N) is 1. The third-order valence-electron chi connectivity index (χ3n) is 4.59. The third-order valence-corrected chi connectivity index (χ3v) is 4.59. The van der Waals surface area contributed by atoms with Crippen LogP contribution >= 0.6 is 0 Å². The van der Waals surface area contributed by atoms with E-state index in [0.29, 0.717) is 6.04 Å². The first kappa shape index (κ1) is 12.7. The predicted octanol–water partition coefficient (Wildman–Crippen LogP) is 3.48. The zero-order chi connectivity index (χ0) is 13.6. The van der Waals surface area contributed by atoms with E-state index in [1.54, 1.807) is 5.56 Å². The molecule has 0 saturated heterocycles. The van der Waals surface area contributed by atoms with E-state index >= 15 is 0 Å². The van der Waals surface area contributed by atoms with Gasteiger partial charge in [0.2, 0.25) is 0 Å². The minimum Gasteiger partial charge on any atom is -0.344 e. The van der Waals surface area contributed by atoms with E-state index in [1.807, 2.05) is 0 Å². The molecule has 1 unspecified atom stereocenters. The van der Waals surface area contributed by atoms with Crippen molar-refractivity contribution in [3.63, 3.8) is 0 Å². The van der Waals surface area contributed by atoms with E-state index in [0.717, 1.165) is 12.8 Å². The lowest BCUT2D eigenvalue weighted by molar-refractivity contribution is 0.620. The van der Waals surface area contributed by atoms with Crippen LogP contribution in [0.1, 0.15) is 42.1 Å². The molecule has 2 heteroatoms. The predicted molar refractivity (Wildman–Crippen MR) is 81.7 cm³/mol. The molecule has 0 saturated carbocycles. The summed E-state index contributed by atoms with van der Waals surface area (Å²) in [5.41, 5.74) is 13.3. The van der Waals surface area contributed by atoms with Crippen LogP contribution in [0.5, 0.6) is 0 Å². The van der Waals surface area contributed by atoms with Gasteiger partial charge in [-0.2, -0.15) is 0 Å². The Morgan fingerprint density at radius 2 is 2.11 bits per heavy atom. The highest BCUT2D eigenvalue weighted by molar-refractivity contribution is 5.89. The molecule has 1 aliphatic heterocycles. The van der Waals surface area contributed by atoms with Gasteiger partial charge >= 0.3 is 0 Å². The molecule has 0 radical (unpaired) electrons. The summed E-state index contributed by atoms with van der Waals surface area (Å²) in [6.07, 6.45) is 4.67. The van der Waals surface area contributed by atoms with Gasteiger partial charge in [0, 0.05) is 23.7 Å². The van der Waals surface area contributed by atoms with Gasteiger partial charge in [0.1, 0.15) is 0 Å². The fraction of sp³-hybridized carbons (Fsp3) is 0.529. The molecule has 2 heterocycles. The number of benzene rings is 1. The van der Waals surface area contributed by atoms with Crippen LogP contribution in [0.3, 0.4) is 0 Å². The van der Waals surface area contributed by atoms with Crippen molar-refractivity contribution in [1.29, 1.82) is 0 Å². The Labute approximate surface area is 115 Å². The average Bonchev–Trinajstić information content (AvgIpc) is 2.64. The summed E-state index contributed by atoms with van der Waals surface area (Å²) >= 11 is 0. The molecule has 2 nitrogen and oxygen atoms in total. The number of aryl methyl sites for hydroxylation is 4. The molecule has 19 heavy (non-hydrogen) atoms. The Bertz CT molecular complexity index is 620. The van der Waals surface area contributed by atoms with Crippen molar-refractivity contribution in [3.05, 3.63) is 34.5 Å². The van der Waals surface area contributed by atoms with Crippen LogP contribution in [0.25, 0.3) is 10.9 Å². The Morgan fingerprint density at radius 1 is 1.32 bits per heavy atom. The molecular weight excluding hydrogens is 232 g/mol. The second-order valence-corrected chi connectivity index (χ2v) is 6.13. The van der Waals surface area contributed by atoms with Crippen LogP contribution in [0, 0.1) is 13.8 Å². The average molecular weight is 256 g/mol. The highest BCUT2D eigenvalue weighted by Gasteiger charge is 2.18. The van der Waals surface area contributed by atoms with Crippen molar-refractivity contribution in [2.75, 3.05) is 0 Å². The van der Waals surface area contributed by atoms with Gasteiger partial charge in [0.05, 0.1) is 5.52 Å². The molecule has 1 atom stereocenters. The van der Waals surface area contributed by atoms with Gasteiger partial charge in [-0.1, -0.05) is 6.07 Å². The van der Waals surface area contributed by atoms with E-state index in [1.165, 1.54) is 47.1 Å². The summed E-state index contributed by atoms with van der Waals surface area (Å²) in [4.78, 5) is 0. The number of hydrogen-bond donors (Lipinski definition) is 1. The maximum atomic E-state index is 5.89. The Hall–Kier alpha value is -1.28. The van der Waals surface area contributed by atoms with Crippen LogP contribution in [-0.2, 0) is 19.4 Å². The van der Waals surface area contributed by atoms with E-state index in [9.17, 15) is 0 Å². The van der Waals surface area contributed by atoms with Gasteiger partial charge in [-0.3, -0.25) is 0 Å². The summed E-state index contributed by atoms with van der Waals surface area (Å²) in [7, 11) is 0. The first-order chi connectivity index (χ1) is 9.08. The Morgan fingerprint density at radius 3 is 2.84 bits per heavy atom. The molecule has 102 valence electrons. The molecular formula is C17H24N2. The van der Waals surface area contributed by atoms with Crippen molar-refractivity contribution in [3.8, 4) is 0 Å². The summed E-state index contributed by atoms with van der Waals surface area (Å²) in [5, 5.41) is 1.47. The molecule has 0 bridgehead atoms. The number of nitrogens with zero attached hydrogens (tertiary/aromatic N) is 1. The standard InChI is InChI=1S/C17H24N2/c1-11(18)6-7-14-9-15-5-4-8-19-13(3)12(2)16(10-14)17(15)19/h9-11H,4-8,18H2,1-3H3. The van der Waals surface area contributed by atoms with Crippen LogP contribution in [-0.4, -0.2) is 10.6 Å². The molecule has 3 rings (SSSR count). The van der Waals surface area contributed by atoms with Gasteiger partial charge in [0.15, 0.2) is 0 Å². The van der Waals surface area contributed by atoms with Crippen molar-refractivity contribution in [1.82, 2.24) is 4.57 Å². The smallest absolute Gasteiger partial charge is 0.0517 e. The number of hydrogen-bond acceptors (Lipinski definition) is 1. The van der Waals surface area contributed by atoms with Crippen LogP contribution < -0.4 is 5.73 Å². The summed E-state index contributed by atoms with van der Waals surface area (Å²) in [6, 6.07) is 5.10. The van der Waals surface area contributed by atoms with E-state index in [-0.39, 0.29) is 0 Å². The molecule has 0 spiro atoms.